The van der Waals surface area contributed by atoms with Gasteiger partial charge in [-0.2, -0.15) is 10.8 Å². The van der Waals surface area contributed by atoms with Gasteiger partial charge in [-0.1, -0.05) is 36.4 Å². The number of aromatic nitrogens is 1. The van der Waals surface area contributed by atoms with Crippen LogP contribution in [0, 0.1) is 0 Å². The number of para-hydroxylation sites is 1. The fraction of sp³-hybridized carbons (Fsp3) is 0.0385. The summed E-state index contributed by atoms with van der Waals surface area (Å²) in [5.41, 5.74) is 5.32. The number of amidine groups is 1. The van der Waals surface area contributed by atoms with E-state index in [-0.39, 0.29) is 4.59 Å². The van der Waals surface area contributed by atoms with Crippen LogP contribution in [0.15, 0.2) is 112 Å². The molecule has 1 atom stereocenters. The highest BCUT2D eigenvalue weighted by Gasteiger charge is 2.44. The number of nitrogens with zero attached hydrogens (tertiary/aromatic N) is 4. The van der Waals surface area contributed by atoms with Gasteiger partial charge in [0.25, 0.3) is 5.84 Å². The number of pyridine rings is 1. The second-order valence-electron chi connectivity index (χ2n) is 7.91. The van der Waals surface area contributed by atoms with Crippen molar-refractivity contribution in [3.05, 3.63) is 108 Å². The van der Waals surface area contributed by atoms with Crippen LogP contribution in [0.1, 0.15) is 5.56 Å². The van der Waals surface area contributed by atoms with E-state index in [4.69, 9.17) is 20.6 Å². The van der Waals surface area contributed by atoms with Gasteiger partial charge in [-0.15, -0.1) is 4.59 Å². The minimum Gasteiger partial charge on any atom is -0.439 e. The van der Waals surface area contributed by atoms with Crippen molar-refractivity contribution in [2.45, 2.75) is 0 Å². The first-order chi connectivity index (χ1) is 16.2. The molecule has 3 N–H and O–H groups in total. The van der Waals surface area contributed by atoms with Crippen molar-refractivity contribution in [1.29, 1.82) is 0 Å². The number of benzene rings is 2. The van der Waals surface area contributed by atoms with Crippen molar-refractivity contribution in [3.8, 4) is 11.6 Å². The minimum absolute atomic E-state index is 0.0331. The summed E-state index contributed by atoms with van der Waals surface area (Å²) in [5, 5.41) is 4.23. The van der Waals surface area contributed by atoms with Gasteiger partial charge in [0.2, 0.25) is 11.6 Å². The SMILES string of the molecule is CNc1cc(Oc2ccccc2)nc2cc(C3=NC(C4=CC=C4)=C4C=NC=C[N+]34N)ccc12. The lowest BCUT2D eigenvalue weighted by atomic mass is 10.0. The van der Waals surface area contributed by atoms with Crippen LogP contribution in [0.3, 0.4) is 0 Å². The van der Waals surface area contributed by atoms with Gasteiger partial charge in [0.15, 0.2) is 0 Å². The van der Waals surface area contributed by atoms with Crippen molar-refractivity contribution in [2.75, 3.05) is 12.4 Å². The first kappa shape index (κ1) is 19.4. The van der Waals surface area contributed by atoms with Crippen LogP contribution in [0.4, 0.5) is 5.69 Å². The number of anilines is 1. The van der Waals surface area contributed by atoms with Crippen LogP contribution < -0.4 is 15.9 Å². The summed E-state index contributed by atoms with van der Waals surface area (Å²) in [6.45, 7) is 0. The third-order valence-corrected chi connectivity index (χ3v) is 5.90. The molecule has 6 rings (SSSR count). The van der Waals surface area contributed by atoms with E-state index in [1.165, 1.54) is 0 Å². The van der Waals surface area contributed by atoms with E-state index in [9.17, 15) is 0 Å². The van der Waals surface area contributed by atoms with E-state index in [0.29, 0.717) is 11.7 Å². The van der Waals surface area contributed by atoms with E-state index < -0.39 is 0 Å². The average Bonchev–Trinajstić information content (AvgIpc) is 3.10. The van der Waals surface area contributed by atoms with Crippen LogP contribution in [0.2, 0.25) is 0 Å². The molecule has 33 heavy (non-hydrogen) atoms. The molecule has 0 amide bonds. The van der Waals surface area contributed by atoms with E-state index in [1.807, 2.05) is 86.1 Å². The average molecular weight is 433 g/mol. The third kappa shape index (κ3) is 3.10. The zero-order chi connectivity index (χ0) is 22.4. The van der Waals surface area contributed by atoms with E-state index in [1.54, 1.807) is 12.4 Å². The Morgan fingerprint density at radius 3 is 2.67 bits per heavy atom. The molecule has 2 aliphatic heterocycles. The third-order valence-electron chi connectivity index (χ3n) is 5.90. The quantitative estimate of drug-likeness (QED) is 0.448. The van der Waals surface area contributed by atoms with E-state index >= 15 is 0 Å². The van der Waals surface area contributed by atoms with Crippen LogP contribution in [0.5, 0.6) is 11.6 Å². The normalized spacial score (nSPS) is 20.4. The predicted molar refractivity (Wildman–Crippen MR) is 131 cm³/mol. The lowest BCUT2D eigenvalue weighted by Gasteiger charge is -2.26. The molecule has 0 fully saturated rings. The van der Waals surface area contributed by atoms with Crippen molar-refractivity contribution in [2.24, 2.45) is 15.8 Å². The molecule has 0 saturated carbocycles. The van der Waals surface area contributed by atoms with Gasteiger partial charge in [0, 0.05) is 29.8 Å². The Bertz CT molecular complexity index is 1480. The number of hydrogen-bond donors (Lipinski definition) is 2. The molecule has 3 aromatic rings. The maximum Gasteiger partial charge on any atom is 0.265 e. The van der Waals surface area contributed by atoms with Gasteiger partial charge in [0.1, 0.15) is 17.6 Å². The molecule has 3 heterocycles. The first-order valence-corrected chi connectivity index (χ1v) is 10.6. The number of allylic oxidation sites excluding steroid dienone is 4. The standard InChI is InChI=1S/C26H21N6O/c1-28-21-15-24(33-19-8-3-2-4-9-19)30-22-14-18(10-11-20(21)22)26-31-25(17-6-5-7-17)23-16-29-12-13-32(23,26)27/h2-16H,27H2,1H3,(H,28,30)/q+1. The molecular formula is C26H21N6O+. The molecule has 2 aromatic carbocycles. The predicted octanol–water partition coefficient (Wildman–Crippen LogP) is 4.78. The highest BCUT2D eigenvalue weighted by Crippen LogP contribution is 2.37. The molecule has 7 heteroatoms. The number of aliphatic imine (C=N–C) groups is 2. The summed E-state index contributed by atoms with van der Waals surface area (Å²) in [5.74, 6) is 8.80. The highest BCUT2D eigenvalue weighted by atomic mass is 16.5. The fourth-order valence-corrected chi connectivity index (χ4v) is 4.15. The van der Waals surface area contributed by atoms with Crippen molar-refractivity contribution in [3.63, 3.8) is 0 Å². The molecule has 0 radical (unpaired) electrons. The number of rotatable bonds is 5. The monoisotopic (exact) mass is 433 g/mol. The summed E-state index contributed by atoms with van der Waals surface area (Å²) in [4.78, 5) is 14.0. The van der Waals surface area contributed by atoms with Gasteiger partial charge >= 0.3 is 0 Å². The zero-order valence-electron chi connectivity index (χ0n) is 17.9. The number of hydrogen-bond acceptors (Lipinski definition) is 6. The molecule has 3 aliphatic rings. The maximum absolute atomic E-state index is 6.84. The molecule has 0 saturated heterocycles. The van der Waals surface area contributed by atoms with Crippen molar-refractivity contribution in [1.82, 2.24) is 4.98 Å². The van der Waals surface area contributed by atoms with Gasteiger partial charge in [-0.05, 0) is 30.3 Å². The number of fused-ring (bicyclic) bond motifs is 2. The zero-order valence-corrected chi connectivity index (χ0v) is 17.9. The maximum atomic E-state index is 6.84. The topological polar surface area (TPSA) is 84.9 Å². The van der Waals surface area contributed by atoms with Crippen molar-refractivity contribution < 1.29 is 9.33 Å². The summed E-state index contributed by atoms with van der Waals surface area (Å²) in [6.07, 6.45) is 11.4. The molecule has 160 valence electrons. The number of ether oxygens (including phenoxy) is 1. The highest BCUT2D eigenvalue weighted by molar-refractivity contribution is 6.04. The summed E-state index contributed by atoms with van der Waals surface area (Å²) in [7, 11) is 1.89. The Balaban J connectivity index is 1.45. The van der Waals surface area contributed by atoms with Gasteiger partial charge in [-0.25, -0.2) is 4.98 Å². The van der Waals surface area contributed by atoms with E-state index in [0.717, 1.165) is 44.9 Å². The molecule has 1 aromatic heterocycles. The Morgan fingerprint density at radius 2 is 1.91 bits per heavy atom. The summed E-state index contributed by atoms with van der Waals surface area (Å²) >= 11 is 0. The van der Waals surface area contributed by atoms with Gasteiger partial charge in [-0.3, -0.25) is 4.99 Å². The second-order valence-corrected chi connectivity index (χ2v) is 7.91. The Labute approximate surface area is 190 Å². The van der Waals surface area contributed by atoms with Gasteiger partial charge < -0.3 is 10.1 Å². The molecule has 7 nitrogen and oxygen atoms in total. The number of quaternary nitrogens is 1. The Morgan fingerprint density at radius 1 is 1.06 bits per heavy atom. The molecule has 0 bridgehead atoms. The number of nitrogens with one attached hydrogen (secondary N) is 1. The van der Waals surface area contributed by atoms with Crippen LogP contribution in [0.25, 0.3) is 10.9 Å². The summed E-state index contributed by atoms with van der Waals surface area (Å²) in [6, 6.07) is 17.6. The molecule has 1 unspecified atom stereocenters. The van der Waals surface area contributed by atoms with E-state index in [2.05, 4.69) is 10.3 Å². The lowest BCUT2D eigenvalue weighted by Crippen LogP contribution is -2.53. The Kier molecular flexibility index (Phi) is 4.33. The lowest BCUT2D eigenvalue weighted by molar-refractivity contribution is -0.750. The Hall–Kier alpha value is -4.33. The first-order valence-electron chi connectivity index (χ1n) is 10.6. The largest absolute Gasteiger partial charge is 0.439 e. The second kappa shape index (κ2) is 7.37. The summed E-state index contributed by atoms with van der Waals surface area (Å²) < 4.78 is 5.98. The van der Waals surface area contributed by atoms with Crippen LogP contribution in [-0.2, 0) is 0 Å². The van der Waals surface area contributed by atoms with Gasteiger partial charge in [0.05, 0.1) is 23.5 Å². The smallest absolute Gasteiger partial charge is 0.265 e. The molecular weight excluding hydrogens is 412 g/mol. The van der Waals surface area contributed by atoms with Crippen molar-refractivity contribution >= 4 is 28.6 Å². The minimum atomic E-state index is -0.0331. The molecule has 0 spiro atoms. The number of nitrogens with two attached hydrogens (primary N) is 1. The fourth-order valence-electron chi connectivity index (χ4n) is 4.15. The molecule has 1 aliphatic carbocycles. The van der Waals surface area contributed by atoms with Crippen LogP contribution >= 0.6 is 0 Å². The van der Waals surface area contributed by atoms with Crippen LogP contribution in [-0.4, -0.2) is 28.7 Å².